The van der Waals surface area contributed by atoms with Gasteiger partial charge < -0.3 is 14.9 Å². The zero-order chi connectivity index (χ0) is 14.9. The third kappa shape index (κ3) is 2.58. The average molecular weight is 299 g/mol. The first-order valence-electron chi connectivity index (χ1n) is 6.28. The summed E-state index contributed by atoms with van der Waals surface area (Å²) in [4.78, 5) is 23.2. The highest BCUT2D eigenvalue weighted by Crippen LogP contribution is 2.56. The maximum Gasteiger partial charge on any atom is 0.313 e. The molecule has 1 fully saturated rings. The van der Waals surface area contributed by atoms with Gasteiger partial charge in [0, 0.05) is 0 Å². The number of rotatable bonds is 5. The Morgan fingerprint density at radius 3 is 2.70 bits per heavy atom. The summed E-state index contributed by atoms with van der Waals surface area (Å²) < 4.78 is 4.99. The topological polar surface area (TPSA) is 83.8 Å². The number of benzene rings is 1. The first-order valence-corrected chi connectivity index (χ1v) is 6.66. The molecule has 0 unspecified atom stereocenters. The Kier molecular flexibility index (Phi) is 3.90. The van der Waals surface area contributed by atoms with Gasteiger partial charge >= 0.3 is 11.9 Å². The molecule has 0 radical (unpaired) electrons. The second-order valence-electron chi connectivity index (χ2n) is 4.93. The molecule has 2 N–H and O–H groups in total. The van der Waals surface area contributed by atoms with E-state index in [1.54, 1.807) is 13.0 Å². The maximum absolute atomic E-state index is 12.0. The van der Waals surface area contributed by atoms with E-state index in [0.717, 1.165) is 0 Å². The van der Waals surface area contributed by atoms with Gasteiger partial charge in [-0.2, -0.15) is 0 Å². The molecule has 1 aliphatic carbocycles. The van der Waals surface area contributed by atoms with Gasteiger partial charge in [0.2, 0.25) is 0 Å². The summed E-state index contributed by atoms with van der Waals surface area (Å²) in [7, 11) is 0. The summed E-state index contributed by atoms with van der Waals surface area (Å²) in [6.45, 7) is 1.89. The summed E-state index contributed by atoms with van der Waals surface area (Å²) >= 11 is 5.82. The molecule has 1 aromatic rings. The number of carbonyl (C=O) groups excluding carboxylic acids is 1. The van der Waals surface area contributed by atoms with Crippen LogP contribution in [0.5, 0.6) is 5.75 Å². The Balaban J connectivity index is 2.23. The number of aliphatic carboxylic acids is 1. The molecule has 20 heavy (non-hydrogen) atoms. The molecule has 0 saturated heterocycles. The quantitative estimate of drug-likeness (QED) is 0.815. The van der Waals surface area contributed by atoms with Gasteiger partial charge in [-0.05, 0) is 37.5 Å². The van der Waals surface area contributed by atoms with E-state index in [4.69, 9.17) is 21.4 Å². The maximum atomic E-state index is 12.0. The van der Waals surface area contributed by atoms with E-state index in [0.29, 0.717) is 5.56 Å². The number of aromatic hydroxyl groups is 1. The van der Waals surface area contributed by atoms with E-state index >= 15 is 0 Å². The molecule has 0 heterocycles. The van der Waals surface area contributed by atoms with E-state index in [1.165, 1.54) is 12.1 Å². The molecule has 0 spiro atoms. The number of phenols is 1. The van der Waals surface area contributed by atoms with Crippen molar-refractivity contribution in [2.45, 2.75) is 19.8 Å². The van der Waals surface area contributed by atoms with Crippen LogP contribution in [0.2, 0.25) is 5.02 Å². The Labute approximate surface area is 121 Å². The Morgan fingerprint density at radius 1 is 1.50 bits per heavy atom. The monoisotopic (exact) mass is 298 g/mol. The van der Waals surface area contributed by atoms with Crippen molar-refractivity contribution in [1.82, 2.24) is 0 Å². The summed E-state index contributed by atoms with van der Waals surface area (Å²) in [6, 6.07) is 4.59. The summed E-state index contributed by atoms with van der Waals surface area (Å²) in [5.41, 5.74) is -0.313. The largest absolute Gasteiger partial charge is 0.506 e. The zero-order valence-corrected chi connectivity index (χ0v) is 11.7. The smallest absolute Gasteiger partial charge is 0.313 e. The Morgan fingerprint density at radius 2 is 2.20 bits per heavy atom. The lowest BCUT2D eigenvalue weighted by atomic mass is 9.93. The van der Waals surface area contributed by atoms with Crippen molar-refractivity contribution >= 4 is 23.5 Å². The van der Waals surface area contributed by atoms with Crippen LogP contribution in [0, 0.1) is 11.3 Å². The first-order chi connectivity index (χ1) is 9.40. The predicted octanol–water partition coefficient (Wildman–Crippen LogP) is 2.24. The fourth-order valence-electron chi connectivity index (χ4n) is 2.42. The second kappa shape index (κ2) is 5.32. The zero-order valence-electron chi connectivity index (χ0n) is 10.9. The molecule has 0 amide bonds. The molecular weight excluding hydrogens is 284 g/mol. The van der Waals surface area contributed by atoms with Gasteiger partial charge in [-0.25, -0.2) is 0 Å². The van der Waals surface area contributed by atoms with Gasteiger partial charge in [0.1, 0.15) is 5.75 Å². The fourth-order valence-corrected chi connectivity index (χ4v) is 2.62. The summed E-state index contributed by atoms with van der Waals surface area (Å²) in [6.07, 6.45) is 0.502. The van der Waals surface area contributed by atoms with E-state index in [2.05, 4.69) is 0 Å². The lowest BCUT2D eigenvalue weighted by Gasteiger charge is -2.15. The van der Waals surface area contributed by atoms with Crippen molar-refractivity contribution in [3.63, 3.8) is 0 Å². The predicted molar refractivity (Wildman–Crippen MR) is 71.6 cm³/mol. The van der Waals surface area contributed by atoms with Crippen LogP contribution < -0.4 is 0 Å². The van der Waals surface area contributed by atoms with Crippen LogP contribution in [0.3, 0.4) is 0 Å². The molecule has 1 aliphatic rings. The fraction of sp³-hybridized carbons (Fsp3) is 0.429. The van der Waals surface area contributed by atoms with Crippen LogP contribution in [0.15, 0.2) is 18.2 Å². The van der Waals surface area contributed by atoms with Crippen molar-refractivity contribution in [3.05, 3.63) is 28.8 Å². The van der Waals surface area contributed by atoms with Gasteiger partial charge in [0.15, 0.2) is 0 Å². The number of phenolic OH excluding ortho intramolecular Hbond substituents is 1. The molecule has 1 aromatic carbocycles. The average Bonchev–Trinajstić information content (AvgIpc) is 3.10. The highest BCUT2D eigenvalue weighted by molar-refractivity contribution is 6.32. The Hall–Kier alpha value is -1.75. The minimum atomic E-state index is -1.01. The highest BCUT2D eigenvalue weighted by Gasteiger charge is 2.64. The van der Waals surface area contributed by atoms with E-state index in [1.807, 2.05) is 0 Å². The Bertz CT molecular complexity index is 556. The number of ether oxygens (including phenoxy) is 1. The molecule has 108 valence electrons. The van der Waals surface area contributed by atoms with E-state index in [9.17, 15) is 14.7 Å². The first kappa shape index (κ1) is 14.7. The third-order valence-corrected chi connectivity index (χ3v) is 3.89. The van der Waals surface area contributed by atoms with Crippen molar-refractivity contribution in [1.29, 1.82) is 0 Å². The van der Waals surface area contributed by atoms with Gasteiger partial charge in [0.05, 0.1) is 23.0 Å². The number of hydrogen-bond acceptors (Lipinski definition) is 4. The van der Waals surface area contributed by atoms with E-state index in [-0.39, 0.29) is 30.2 Å². The van der Waals surface area contributed by atoms with Crippen LogP contribution in [0.4, 0.5) is 0 Å². The molecule has 0 aromatic heterocycles. The minimum Gasteiger partial charge on any atom is -0.506 e. The molecule has 6 heteroatoms. The van der Waals surface area contributed by atoms with Crippen LogP contribution in [-0.4, -0.2) is 28.8 Å². The van der Waals surface area contributed by atoms with Crippen molar-refractivity contribution in [2.24, 2.45) is 11.3 Å². The van der Waals surface area contributed by atoms with Crippen molar-refractivity contribution < 1.29 is 24.5 Å². The minimum absolute atomic E-state index is 0.0498. The van der Waals surface area contributed by atoms with Crippen LogP contribution in [0.25, 0.3) is 0 Å². The molecule has 2 atom stereocenters. The number of carbonyl (C=O) groups is 2. The standard InChI is InChI=1S/C14H15ClO5/c1-2-20-13(19)14(7-9(14)12(17)18)6-8-3-4-11(16)10(15)5-8/h3-5,9,16H,2,6-7H2,1H3,(H,17,18)/t9-,14+/m1/s1. The van der Waals surface area contributed by atoms with Crippen LogP contribution in [-0.2, 0) is 20.7 Å². The number of esters is 1. The van der Waals surface area contributed by atoms with Crippen molar-refractivity contribution in [3.8, 4) is 5.75 Å². The van der Waals surface area contributed by atoms with Gasteiger partial charge in [-0.15, -0.1) is 0 Å². The lowest BCUT2D eigenvalue weighted by Crippen LogP contribution is -2.26. The van der Waals surface area contributed by atoms with Gasteiger partial charge in [-0.3, -0.25) is 9.59 Å². The molecule has 5 nitrogen and oxygen atoms in total. The summed E-state index contributed by atoms with van der Waals surface area (Å²) in [5, 5.41) is 18.7. The third-order valence-electron chi connectivity index (χ3n) is 3.59. The molecule has 0 bridgehead atoms. The van der Waals surface area contributed by atoms with Crippen LogP contribution in [0.1, 0.15) is 18.9 Å². The molecule has 0 aliphatic heterocycles. The SMILES string of the molecule is CCOC(=O)[C@@]1(Cc2ccc(O)c(Cl)c2)C[C@@H]1C(=O)O. The molecule has 1 saturated carbocycles. The van der Waals surface area contributed by atoms with E-state index < -0.39 is 23.3 Å². The molecule has 2 rings (SSSR count). The summed E-state index contributed by atoms with van der Waals surface area (Å²) in [5.74, 6) is -2.26. The van der Waals surface area contributed by atoms with Gasteiger partial charge in [0.25, 0.3) is 0 Å². The highest BCUT2D eigenvalue weighted by atomic mass is 35.5. The number of halogens is 1. The normalized spacial score (nSPS) is 24.2. The van der Waals surface area contributed by atoms with Crippen LogP contribution >= 0.6 is 11.6 Å². The van der Waals surface area contributed by atoms with Gasteiger partial charge in [-0.1, -0.05) is 17.7 Å². The number of carboxylic acids is 1. The molecular formula is C14H15ClO5. The second-order valence-corrected chi connectivity index (χ2v) is 5.34. The number of hydrogen-bond donors (Lipinski definition) is 2. The lowest BCUT2D eigenvalue weighted by molar-refractivity contribution is -0.153. The number of carboxylic acid groups (broad SMARTS) is 1. The van der Waals surface area contributed by atoms with Crippen molar-refractivity contribution in [2.75, 3.05) is 6.61 Å².